The summed E-state index contributed by atoms with van der Waals surface area (Å²) in [6.45, 7) is 7.99. The highest BCUT2D eigenvalue weighted by Gasteiger charge is 2.15. The highest BCUT2D eigenvalue weighted by molar-refractivity contribution is 5.96. The molecule has 0 heterocycles. The SMILES string of the molecule is COc1ccc(C(=O)N/N=C(/C)C(C)(C)C)cc1OC. The van der Waals surface area contributed by atoms with E-state index in [1.54, 1.807) is 25.3 Å². The van der Waals surface area contributed by atoms with Crippen molar-refractivity contribution in [2.45, 2.75) is 27.7 Å². The first-order valence-corrected chi connectivity index (χ1v) is 6.36. The van der Waals surface area contributed by atoms with Crippen molar-refractivity contribution in [3.63, 3.8) is 0 Å². The minimum absolute atomic E-state index is 0.0785. The third-order valence-electron chi connectivity index (χ3n) is 3.06. The van der Waals surface area contributed by atoms with Gasteiger partial charge in [-0.3, -0.25) is 4.79 Å². The summed E-state index contributed by atoms with van der Waals surface area (Å²) in [6, 6.07) is 4.98. The van der Waals surface area contributed by atoms with Gasteiger partial charge in [0.15, 0.2) is 11.5 Å². The average Bonchev–Trinajstić information content (AvgIpc) is 2.42. The lowest BCUT2D eigenvalue weighted by molar-refractivity contribution is 0.0954. The van der Waals surface area contributed by atoms with Gasteiger partial charge in [-0.1, -0.05) is 20.8 Å². The van der Waals surface area contributed by atoms with Crippen molar-refractivity contribution in [2.24, 2.45) is 10.5 Å². The van der Waals surface area contributed by atoms with E-state index < -0.39 is 0 Å². The van der Waals surface area contributed by atoms with Crippen LogP contribution in [-0.4, -0.2) is 25.8 Å². The lowest BCUT2D eigenvalue weighted by Crippen LogP contribution is -2.24. The van der Waals surface area contributed by atoms with E-state index in [1.165, 1.54) is 7.11 Å². The number of rotatable bonds is 4. The second-order valence-electron chi connectivity index (χ2n) is 5.46. The molecule has 0 radical (unpaired) electrons. The molecule has 0 aliphatic rings. The largest absolute Gasteiger partial charge is 0.493 e. The monoisotopic (exact) mass is 278 g/mol. The molecule has 0 saturated heterocycles. The van der Waals surface area contributed by atoms with Crippen LogP contribution in [0.1, 0.15) is 38.1 Å². The smallest absolute Gasteiger partial charge is 0.271 e. The molecule has 0 fully saturated rings. The zero-order chi connectivity index (χ0) is 15.3. The summed E-state index contributed by atoms with van der Waals surface area (Å²) in [6.07, 6.45) is 0. The second kappa shape index (κ2) is 6.41. The van der Waals surface area contributed by atoms with Gasteiger partial charge in [0.1, 0.15) is 0 Å². The maximum atomic E-state index is 12.0. The first-order chi connectivity index (χ1) is 9.29. The molecule has 0 aromatic heterocycles. The molecule has 0 bridgehead atoms. The van der Waals surface area contributed by atoms with Gasteiger partial charge in [-0.15, -0.1) is 0 Å². The third kappa shape index (κ3) is 3.98. The van der Waals surface area contributed by atoms with Gasteiger partial charge in [0.05, 0.1) is 14.2 Å². The first-order valence-electron chi connectivity index (χ1n) is 6.36. The van der Waals surface area contributed by atoms with Crippen molar-refractivity contribution in [3.8, 4) is 11.5 Å². The van der Waals surface area contributed by atoms with Crippen molar-refractivity contribution < 1.29 is 14.3 Å². The molecule has 0 unspecified atom stereocenters. The number of methoxy groups -OCH3 is 2. The van der Waals surface area contributed by atoms with Gasteiger partial charge in [-0.2, -0.15) is 5.10 Å². The van der Waals surface area contributed by atoms with E-state index in [2.05, 4.69) is 10.5 Å². The van der Waals surface area contributed by atoms with E-state index in [1.807, 2.05) is 27.7 Å². The van der Waals surface area contributed by atoms with Crippen LogP contribution < -0.4 is 14.9 Å². The van der Waals surface area contributed by atoms with Gasteiger partial charge < -0.3 is 9.47 Å². The van der Waals surface area contributed by atoms with Gasteiger partial charge in [0.2, 0.25) is 0 Å². The van der Waals surface area contributed by atoms with Crippen molar-refractivity contribution in [3.05, 3.63) is 23.8 Å². The molecule has 1 aromatic rings. The number of nitrogens with one attached hydrogen (secondary N) is 1. The maximum absolute atomic E-state index is 12.0. The molecule has 5 heteroatoms. The Morgan fingerprint density at radius 3 is 2.25 bits per heavy atom. The second-order valence-corrected chi connectivity index (χ2v) is 5.46. The topological polar surface area (TPSA) is 59.9 Å². The van der Waals surface area contributed by atoms with Crippen molar-refractivity contribution in [2.75, 3.05) is 14.2 Å². The van der Waals surface area contributed by atoms with E-state index in [0.717, 1.165) is 5.71 Å². The Hall–Kier alpha value is -2.04. The number of ether oxygens (including phenoxy) is 2. The minimum atomic E-state index is -0.283. The zero-order valence-corrected chi connectivity index (χ0v) is 12.9. The molecule has 0 aliphatic carbocycles. The van der Waals surface area contributed by atoms with E-state index >= 15 is 0 Å². The molecule has 0 spiro atoms. The summed E-state index contributed by atoms with van der Waals surface area (Å²) >= 11 is 0. The highest BCUT2D eigenvalue weighted by Crippen LogP contribution is 2.27. The molecule has 0 saturated carbocycles. The highest BCUT2D eigenvalue weighted by atomic mass is 16.5. The number of amides is 1. The average molecular weight is 278 g/mol. The fourth-order valence-electron chi connectivity index (χ4n) is 1.34. The summed E-state index contributed by atoms with van der Waals surface area (Å²) in [7, 11) is 3.08. The number of hydrazone groups is 1. The van der Waals surface area contributed by atoms with Crippen LogP contribution in [0.4, 0.5) is 0 Å². The Bertz CT molecular complexity index is 516. The Balaban J connectivity index is 2.89. The van der Waals surface area contributed by atoms with E-state index in [0.29, 0.717) is 17.1 Å². The van der Waals surface area contributed by atoms with Gasteiger partial charge >= 0.3 is 0 Å². The van der Waals surface area contributed by atoms with Gasteiger partial charge in [0.25, 0.3) is 5.91 Å². The normalized spacial score (nSPS) is 12.0. The van der Waals surface area contributed by atoms with E-state index in [9.17, 15) is 4.79 Å². The van der Waals surface area contributed by atoms with Gasteiger partial charge in [-0.25, -0.2) is 5.43 Å². The quantitative estimate of drug-likeness (QED) is 0.680. The number of carbonyl (C=O) groups excluding carboxylic acids is 1. The summed E-state index contributed by atoms with van der Waals surface area (Å²) in [5, 5.41) is 4.11. The number of benzene rings is 1. The summed E-state index contributed by atoms with van der Waals surface area (Å²) in [4.78, 5) is 12.0. The lowest BCUT2D eigenvalue weighted by Gasteiger charge is -2.17. The van der Waals surface area contributed by atoms with Gasteiger partial charge in [-0.05, 0) is 25.1 Å². The predicted octanol–water partition coefficient (Wildman–Crippen LogP) is 2.86. The molecule has 0 atom stereocenters. The standard InChI is InChI=1S/C15H22N2O3/c1-10(15(2,3)4)16-17-14(18)11-7-8-12(19-5)13(9-11)20-6/h7-9H,1-6H3,(H,17,18)/b16-10-. The van der Waals surface area contributed by atoms with Crippen LogP contribution in [0.5, 0.6) is 11.5 Å². The van der Waals surface area contributed by atoms with Crippen LogP contribution in [0, 0.1) is 5.41 Å². The van der Waals surface area contributed by atoms with Gasteiger partial charge in [0, 0.05) is 16.7 Å². The van der Waals surface area contributed by atoms with Crippen LogP contribution in [0.2, 0.25) is 0 Å². The summed E-state index contributed by atoms with van der Waals surface area (Å²) < 4.78 is 10.3. The van der Waals surface area contributed by atoms with Crippen molar-refractivity contribution in [1.82, 2.24) is 5.43 Å². The Kier molecular flexibility index (Phi) is 5.13. The van der Waals surface area contributed by atoms with E-state index in [-0.39, 0.29) is 11.3 Å². The Morgan fingerprint density at radius 1 is 1.15 bits per heavy atom. The number of nitrogens with zero attached hydrogens (tertiary/aromatic N) is 1. The Morgan fingerprint density at radius 2 is 1.75 bits per heavy atom. The van der Waals surface area contributed by atoms with Crippen LogP contribution in [0.15, 0.2) is 23.3 Å². The molecule has 1 N–H and O–H groups in total. The molecule has 0 aliphatic heterocycles. The van der Waals surface area contributed by atoms with Crippen molar-refractivity contribution in [1.29, 1.82) is 0 Å². The van der Waals surface area contributed by atoms with Crippen LogP contribution in [-0.2, 0) is 0 Å². The molecular formula is C15H22N2O3. The molecule has 1 rings (SSSR count). The lowest BCUT2D eigenvalue weighted by atomic mass is 9.91. The molecule has 1 amide bonds. The van der Waals surface area contributed by atoms with E-state index in [4.69, 9.17) is 9.47 Å². The maximum Gasteiger partial charge on any atom is 0.271 e. The Labute approximate surface area is 120 Å². The summed E-state index contributed by atoms with van der Waals surface area (Å²) in [5.41, 5.74) is 3.79. The van der Waals surface area contributed by atoms with Crippen LogP contribution in [0.3, 0.4) is 0 Å². The molecular weight excluding hydrogens is 256 g/mol. The minimum Gasteiger partial charge on any atom is -0.493 e. The first kappa shape index (κ1) is 16.0. The molecule has 20 heavy (non-hydrogen) atoms. The molecule has 1 aromatic carbocycles. The van der Waals surface area contributed by atoms with Crippen LogP contribution >= 0.6 is 0 Å². The fraction of sp³-hybridized carbons (Fsp3) is 0.467. The van der Waals surface area contributed by atoms with Crippen molar-refractivity contribution >= 4 is 11.6 Å². The summed E-state index contributed by atoms with van der Waals surface area (Å²) in [5.74, 6) is 0.810. The third-order valence-corrected chi connectivity index (χ3v) is 3.06. The molecule has 110 valence electrons. The predicted molar refractivity (Wildman–Crippen MR) is 79.6 cm³/mol. The number of hydrogen-bond acceptors (Lipinski definition) is 4. The van der Waals surface area contributed by atoms with Crippen LogP contribution in [0.25, 0.3) is 0 Å². The number of hydrogen-bond donors (Lipinski definition) is 1. The number of carbonyl (C=O) groups is 1. The fourth-order valence-corrected chi connectivity index (χ4v) is 1.34. The molecule has 5 nitrogen and oxygen atoms in total. The zero-order valence-electron chi connectivity index (χ0n) is 12.9.